The van der Waals surface area contributed by atoms with Crippen molar-refractivity contribution in [2.75, 3.05) is 31.5 Å². The molecule has 0 aliphatic carbocycles. The molecule has 3 fully saturated rings. The Morgan fingerprint density at radius 2 is 2.32 bits per heavy atom. The lowest BCUT2D eigenvalue weighted by Gasteiger charge is -2.55. The SMILES string of the molecule is [B][N+]12CCC(CC1)C1(CN=C(Nc3nccs3)O1)C2. The zero-order chi connectivity index (χ0) is 12.9. The summed E-state index contributed by atoms with van der Waals surface area (Å²) >= 11 is 1.55. The monoisotopic (exact) mass is 275 g/mol. The van der Waals surface area contributed by atoms with Crippen LogP contribution in [0.5, 0.6) is 0 Å². The molecule has 0 aromatic carbocycles. The number of hydrogen-bond acceptors (Lipinski definition) is 5. The van der Waals surface area contributed by atoms with Crippen LogP contribution < -0.4 is 5.32 Å². The van der Waals surface area contributed by atoms with E-state index >= 15 is 0 Å². The molecule has 5 heterocycles. The van der Waals surface area contributed by atoms with Crippen LogP contribution in [0.25, 0.3) is 0 Å². The molecule has 19 heavy (non-hydrogen) atoms. The standard InChI is InChI=1S/C12H16BN4OS/c13-17-4-1-9(2-5-17)12(8-17)7-15-10(18-12)16-11-14-3-6-19-11/h3,6,9H,1-2,4-5,7-8H2,(H,14,15,16)/q+1. The molecular formula is C12H16BN4OS+. The van der Waals surface area contributed by atoms with Gasteiger partial charge in [0.05, 0.1) is 19.6 Å². The summed E-state index contributed by atoms with van der Waals surface area (Å²) in [6, 6.07) is 0.607. The van der Waals surface area contributed by atoms with Gasteiger partial charge >= 0.3 is 7.98 Å². The third kappa shape index (κ3) is 1.87. The molecule has 2 bridgehead atoms. The second kappa shape index (κ2) is 3.96. The largest absolute Gasteiger partial charge is 0.481 e. The van der Waals surface area contributed by atoms with E-state index in [2.05, 4.69) is 15.3 Å². The summed E-state index contributed by atoms with van der Waals surface area (Å²) in [6.07, 6.45) is 4.07. The van der Waals surface area contributed by atoms with Crippen molar-refractivity contribution in [2.24, 2.45) is 10.9 Å². The van der Waals surface area contributed by atoms with E-state index in [9.17, 15) is 0 Å². The van der Waals surface area contributed by atoms with Gasteiger partial charge in [-0.05, 0) is 0 Å². The summed E-state index contributed by atoms with van der Waals surface area (Å²) in [5.41, 5.74) is -0.176. The van der Waals surface area contributed by atoms with Crippen molar-refractivity contribution < 1.29 is 9.13 Å². The summed E-state index contributed by atoms with van der Waals surface area (Å²) in [4.78, 5) is 8.71. The van der Waals surface area contributed by atoms with Gasteiger partial charge in [0.15, 0.2) is 10.7 Å². The molecule has 1 spiro atoms. The Morgan fingerprint density at radius 1 is 1.47 bits per heavy atom. The van der Waals surface area contributed by atoms with Crippen molar-refractivity contribution in [2.45, 2.75) is 18.4 Å². The van der Waals surface area contributed by atoms with Gasteiger partial charge in [-0.15, -0.1) is 11.3 Å². The van der Waals surface area contributed by atoms with Crippen LogP contribution in [0.3, 0.4) is 0 Å². The first kappa shape index (κ1) is 11.7. The molecule has 0 amide bonds. The number of aromatic nitrogens is 1. The Bertz CT molecular complexity index is 512. The number of rotatable bonds is 1. The van der Waals surface area contributed by atoms with Crippen LogP contribution in [0, 0.1) is 5.92 Å². The summed E-state index contributed by atoms with van der Waals surface area (Å²) in [6.45, 7) is 3.75. The van der Waals surface area contributed by atoms with E-state index in [1.165, 1.54) is 0 Å². The third-order valence-corrected chi connectivity index (χ3v) is 5.30. The average molecular weight is 275 g/mol. The maximum absolute atomic E-state index is 6.41. The van der Waals surface area contributed by atoms with Crippen molar-refractivity contribution in [3.05, 3.63) is 11.6 Å². The molecule has 1 atom stereocenters. The highest BCUT2D eigenvalue weighted by atomic mass is 32.1. The molecule has 4 aliphatic heterocycles. The first-order chi connectivity index (χ1) is 9.18. The minimum Gasteiger partial charge on any atom is -0.450 e. The normalized spacial score (nSPS) is 40.2. The lowest BCUT2D eigenvalue weighted by atomic mass is 9.72. The van der Waals surface area contributed by atoms with Crippen LogP contribution >= 0.6 is 11.3 Å². The highest BCUT2D eigenvalue weighted by Gasteiger charge is 2.57. The fourth-order valence-electron chi connectivity index (χ4n) is 3.63. The van der Waals surface area contributed by atoms with Crippen molar-refractivity contribution in [1.29, 1.82) is 0 Å². The highest BCUT2D eigenvalue weighted by Crippen LogP contribution is 2.43. The predicted octanol–water partition coefficient (Wildman–Crippen LogP) is 1.00. The Morgan fingerprint density at radius 3 is 3.00 bits per heavy atom. The van der Waals surface area contributed by atoms with E-state index in [1.54, 1.807) is 17.5 Å². The van der Waals surface area contributed by atoms with Gasteiger partial charge in [0.1, 0.15) is 6.54 Å². The van der Waals surface area contributed by atoms with Crippen LogP contribution in [-0.4, -0.2) is 55.2 Å². The third-order valence-electron chi connectivity index (χ3n) is 4.61. The van der Waals surface area contributed by atoms with Crippen LogP contribution in [-0.2, 0) is 4.74 Å². The fraction of sp³-hybridized carbons (Fsp3) is 0.667. The minimum absolute atomic E-state index is 0.176. The van der Waals surface area contributed by atoms with E-state index < -0.39 is 0 Å². The Kier molecular flexibility index (Phi) is 2.44. The number of quaternary nitrogens is 1. The van der Waals surface area contributed by atoms with Gasteiger partial charge in [0.2, 0.25) is 0 Å². The van der Waals surface area contributed by atoms with Crippen LogP contribution in [0.2, 0.25) is 0 Å². The van der Waals surface area contributed by atoms with Crippen molar-refractivity contribution >= 4 is 30.5 Å². The number of anilines is 1. The maximum Gasteiger partial charge on any atom is 0.481 e. The first-order valence-electron chi connectivity index (χ1n) is 6.72. The van der Waals surface area contributed by atoms with Gasteiger partial charge < -0.3 is 9.13 Å². The summed E-state index contributed by atoms with van der Waals surface area (Å²) < 4.78 is 6.82. The van der Waals surface area contributed by atoms with Gasteiger partial charge in [-0.25, -0.2) is 9.98 Å². The molecule has 7 heteroatoms. The van der Waals surface area contributed by atoms with E-state index in [0.29, 0.717) is 16.3 Å². The molecule has 1 aromatic rings. The van der Waals surface area contributed by atoms with Crippen LogP contribution in [0.4, 0.5) is 5.13 Å². The highest BCUT2D eigenvalue weighted by molar-refractivity contribution is 7.13. The Hall–Kier alpha value is -1.08. The number of nitrogens with zero attached hydrogens (tertiary/aromatic N) is 3. The fourth-order valence-corrected chi connectivity index (χ4v) is 4.15. The molecule has 5 nitrogen and oxygen atoms in total. The van der Waals surface area contributed by atoms with E-state index in [0.717, 1.165) is 44.2 Å². The number of fused-ring (bicyclic) bond motifs is 2. The lowest BCUT2D eigenvalue weighted by Crippen LogP contribution is -2.69. The van der Waals surface area contributed by atoms with Gasteiger partial charge in [-0.2, -0.15) is 0 Å². The molecule has 4 aliphatic rings. The minimum atomic E-state index is -0.176. The number of hydrogen-bond donors (Lipinski definition) is 1. The molecule has 3 saturated heterocycles. The molecule has 0 saturated carbocycles. The van der Waals surface area contributed by atoms with E-state index in [4.69, 9.17) is 12.7 Å². The number of aliphatic imine (C=N–C) groups is 1. The summed E-state index contributed by atoms with van der Waals surface area (Å²) in [5.74, 6) is 0.593. The van der Waals surface area contributed by atoms with Gasteiger partial charge in [-0.3, -0.25) is 5.32 Å². The second-order valence-corrected chi connectivity index (χ2v) is 6.74. The van der Waals surface area contributed by atoms with Gasteiger partial charge in [0.25, 0.3) is 6.02 Å². The van der Waals surface area contributed by atoms with Crippen molar-refractivity contribution in [1.82, 2.24) is 4.98 Å². The summed E-state index contributed by atoms with van der Waals surface area (Å²) in [7, 11) is 6.41. The number of nitrogens with one attached hydrogen (secondary N) is 1. The van der Waals surface area contributed by atoms with Crippen LogP contribution in [0.15, 0.2) is 16.6 Å². The first-order valence-corrected chi connectivity index (χ1v) is 7.60. The topological polar surface area (TPSA) is 46.5 Å². The average Bonchev–Trinajstić information content (AvgIpc) is 3.01. The molecule has 2 radical (unpaired) electrons. The number of thiazole rings is 1. The van der Waals surface area contributed by atoms with E-state index in [-0.39, 0.29) is 5.60 Å². The zero-order valence-corrected chi connectivity index (χ0v) is 11.5. The maximum atomic E-state index is 6.41. The predicted molar refractivity (Wildman–Crippen MR) is 75.2 cm³/mol. The number of amidine groups is 1. The molecule has 1 unspecified atom stereocenters. The Labute approximate surface area is 117 Å². The smallest absolute Gasteiger partial charge is 0.450 e. The second-order valence-electron chi connectivity index (χ2n) is 5.85. The van der Waals surface area contributed by atoms with Gasteiger partial charge in [-0.1, -0.05) is 0 Å². The summed E-state index contributed by atoms with van der Waals surface area (Å²) in [5, 5.41) is 5.91. The molecule has 1 aromatic heterocycles. The number of ether oxygens (including phenoxy) is 1. The molecule has 1 N–H and O–H groups in total. The lowest BCUT2D eigenvalue weighted by molar-refractivity contribution is -0.845. The molecular weight excluding hydrogens is 259 g/mol. The number of piperidine rings is 3. The van der Waals surface area contributed by atoms with Crippen molar-refractivity contribution in [3.63, 3.8) is 0 Å². The van der Waals surface area contributed by atoms with Crippen LogP contribution in [0.1, 0.15) is 12.8 Å². The van der Waals surface area contributed by atoms with E-state index in [1.807, 2.05) is 5.38 Å². The van der Waals surface area contributed by atoms with Gasteiger partial charge in [0, 0.05) is 30.3 Å². The Balaban J connectivity index is 1.51. The quantitative estimate of drug-likeness (QED) is 0.778. The molecule has 5 rings (SSSR count). The molecule has 98 valence electrons. The van der Waals surface area contributed by atoms with Crippen molar-refractivity contribution in [3.8, 4) is 0 Å². The zero-order valence-electron chi connectivity index (χ0n) is 10.7.